The summed E-state index contributed by atoms with van der Waals surface area (Å²) >= 11 is 0.243. The Hall–Kier alpha value is -2.07. The fourth-order valence-electron chi connectivity index (χ4n) is 4.15. The molecule has 0 saturated heterocycles. The molecule has 51 heavy (non-hydrogen) atoms. The molecule has 4 aromatic carbocycles. The van der Waals surface area contributed by atoms with Crippen molar-refractivity contribution in [2.24, 2.45) is 10.2 Å². The van der Waals surface area contributed by atoms with E-state index in [9.17, 15) is 40.7 Å². The van der Waals surface area contributed by atoms with Crippen LogP contribution in [0.15, 0.2) is 91.6 Å². The first kappa shape index (κ1) is 45.1. The maximum absolute atomic E-state index is 14.2. The van der Waals surface area contributed by atoms with E-state index >= 15 is 0 Å². The number of ether oxygens (including phenoxy) is 1. The summed E-state index contributed by atoms with van der Waals surface area (Å²) in [7, 11) is -9.66. The topological polar surface area (TPSA) is 273 Å². The number of halogens is 1. The second-order valence-corrected chi connectivity index (χ2v) is 12.6. The van der Waals surface area contributed by atoms with Crippen LogP contribution >= 0.6 is 12.0 Å². The standard InChI is InChI=1S/C26H20FN7O11S3.3Na/c1-43-18-12-20(47(37,38)39)17(11-21(18)48(40,41)42)33-34-22-19(46-45-44-36)10-13-9-15(7-8-16(13)23(22)35)29-26-31-24(27)30-25(32-26)28-14-5-3-2-4-6-14;;;/h2-12,35-36H,1H3,(H,37,38,39)(H,40,41,42)(H2,28,29,30,31,32);;;/q;3*+1/p-3. The normalized spacial score (nSPS) is 11.3. The molecule has 0 unspecified atom stereocenters. The molecule has 0 bridgehead atoms. The van der Waals surface area contributed by atoms with Crippen molar-refractivity contribution in [2.45, 2.75) is 14.7 Å². The molecule has 25 heteroatoms. The minimum absolute atomic E-state index is 0. The maximum Gasteiger partial charge on any atom is 1.00 e. The Morgan fingerprint density at radius 2 is 1.45 bits per heavy atom. The van der Waals surface area contributed by atoms with E-state index in [1.54, 1.807) is 30.3 Å². The monoisotopic (exact) mass is 787 g/mol. The van der Waals surface area contributed by atoms with E-state index in [0.29, 0.717) is 23.5 Å². The minimum Gasteiger partial charge on any atom is -0.744 e. The van der Waals surface area contributed by atoms with E-state index in [1.165, 1.54) is 24.3 Å². The molecule has 3 N–H and O–H groups in total. The Kier molecular flexibility index (Phi) is 17.1. The molecule has 1 aromatic heterocycles. The van der Waals surface area contributed by atoms with Crippen molar-refractivity contribution in [1.29, 1.82) is 0 Å². The van der Waals surface area contributed by atoms with Gasteiger partial charge in [-0.15, -0.1) is 10.2 Å². The smallest absolute Gasteiger partial charge is 0.744 e. The quantitative estimate of drug-likeness (QED) is 0.0266. The van der Waals surface area contributed by atoms with Crippen molar-refractivity contribution in [1.82, 2.24) is 15.0 Å². The number of para-hydroxylation sites is 1. The molecule has 5 rings (SSSR count). The number of fused-ring (bicyclic) bond motifs is 1. The van der Waals surface area contributed by atoms with Crippen LogP contribution in [-0.2, 0) is 29.6 Å². The van der Waals surface area contributed by atoms with Crippen molar-refractivity contribution in [2.75, 3.05) is 17.7 Å². The zero-order valence-electron chi connectivity index (χ0n) is 26.7. The molecular formula is C26H17FN7Na3O11S3. The fraction of sp³-hybridized carbons (Fsp3) is 0.0385. The number of rotatable bonds is 12. The Balaban J connectivity index is 0.00000300. The van der Waals surface area contributed by atoms with E-state index in [1.807, 2.05) is 0 Å². The van der Waals surface area contributed by atoms with Crippen LogP contribution in [0.3, 0.4) is 0 Å². The van der Waals surface area contributed by atoms with Gasteiger partial charge in [-0.3, -0.25) is 5.04 Å². The first-order valence-corrected chi connectivity index (χ1v) is 16.3. The van der Waals surface area contributed by atoms with Crippen LogP contribution in [-0.4, -0.2) is 53.1 Å². The minimum atomic E-state index is -5.34. The summed E-state index contributed by atoms with van der Waals surface area (Å²) in [6.07, 6.45) is -1.09. The number of anilines is 4. The fourth-order valence-corrected chi connectivity index (χ4v) is 5.89. The molecule has 0 aliphatic rings. The van der Waals surface area contributed by atoms with E-state index in [4.69, 9.17) is 4.74 Å². The van der Waals surface area contributed by atoms with Crippen molar-refractivity contribution >= 4 is 77.7 Å². The Bertz CT molecular complexity index is 2280. The summed E-state index contributed by atoms with van der Waals surface area (Å²) in [5.74, 6) is -1.63. The van der Waals surface area contributed by atoms with Gasteiger partial charge in [-0.2, -0.15) is 23.7 Å². The molecule has 0 saturated carbocycles. The molecule has 0 atom stereocenters. The van der Waals surface area contributed by atoms with Crippen LogP contribution in [0.5, 0.6) is 11.5 Å². The van der Waals surface area contributed by atoms with Gasteiger partial charge in [0, 0.05) is 22.8 Å². The van der Waals surface area contributed by atoms with Crippen LogP contribution < -0.4 is 109 Å². The van der Waals surface area contributed by atoms with Gasteiger partial charge in [0.05, 0.1) is 33.8 Å². The number of hydrogen-bond donors (Lipinski definition) is 3. The number of aromatic nitrogens is 3. The van der Waals surface area contributed by atoms with Gasteiger partial charge < -0.3 is 34.8 Å². The average Bonchev–Trinajstić information content (AvgIpc) is 3.02. The third-order valence-electron chi connectivity index (χ3n) is 6.14. The summed E-state index contributed by atoms with van der Waals surface area (Å²) < 4.78 is 94.3. The van der Waals surface area contributed by atoms with Crippen LogP contribution in [0, 0.1) is 6.08 Å². The predicted octanol–water partition coefficient (Wildman–Crippen LogP) is -5.17. The van der Waals surface area contributed by atoms with Gasteiger partial charge in [0.1, 0.15) is 37.4 Å². The van der Waals surface area contributed by atoms with Gasteiger partial charge in [0.15, 0.2) is 5.75 Å². The van der Waals surface area contributed by atoms with Crippen LogP contribution in [0.2, 0.25) is 0 Å². The molecule has 1 heterocycles. The zero-order valence-corrected chi connectivity index (χ0v) is 35.2. The molecule has 0 amide bonds. The van der Waals surface area contributed by atoms with Crippen LogP contribution in [0.1, 0.15) is 0 Å². The van der Waals surface area contributed by atoms with Crippen molar-refractivity contribution in [3.8, 4) is 11.5 Å². The van der Waals surface area contributed by atoms with E-state index in [-0.39, 0.29) is 128 Å². The summed E-state index contributed by atoms with van der Waals surface area (Å²) in [4.78, 5) is 9.07. The van der Waals surface area contributed by atoms with E-state index in [0.717, 1.165) is 7.11 Å². The molecule has 0 radical (unpaired) electrons. The summed E-state index contributed by atoms with van der Waals surface area (Å²) in [6.45, 7) is 0. The van der Waals surface area contributed by atoms with E-state index < -0.39 is 59.0 Å². The molecular weight excluding hydrogens is 770 g/mol. The largest absolute Gasteiger partial charge is 1.00 e. The van der Waals surface area contributed by atoms with Crippen molar-refractivity contribution in [3.63, 3.8) is 0 Å². The average molecular weight is 788 g/mol. The second-order valence-electron chi connectivity index (χ2n) is 9.17. The van der Waals surface area contributed by atoms with Gasteiger partial charge in [-0.05, 0) is 47.9 Å². The van der Waals surface area contributed by atoms with Gasteiger partial charge in [0.25, 0.3) is 0 Å². The number of phenolic OH excluding ortho intramolecular Hbond substituents is 1. The SMILES string of the molecule is COc1cc(S(=O)(=O)[O-])c(N=Nc2c(SOO[O-])cc3cc(Nc4nc(F)nc(Nc5ccccc5)n4)ccc3c2O)cc1S(=O)(=O)[O-].[Na+].[Na+].[Na+]. The Labute approximate surface area is 359 Å². The predicted molar refractivity (Wildman–Crippen MR) is 160 cm³/mol. The maximum atomic E-state index is 14.2. The molecule has 0 aliphatic carbocycles. The number of nitrogens with zero attached hydrogens (tertiary/aromatic N) is 5. The third kappa shape index (κ3) is 11.5. The van der Waals surface area contributed by atoms with Gasteiger partial charge in [-0.1, -0.05) is 18.2 Å². The van der Waals surface area contributed by atoms with Crippen molar-refractivity contribution in [3.05, 3.63) is 72.8 Å². The molecule has 0 aliphatic heterocycles. The molecule has 0 spiro atoms. The first-order chi connectivity index (χ1) is 22.8. The number of phenols is 1. The number of azo groups is 1. The molecule has 5 aromatic rings. The zero-order chi connectivity index (χ0) is 34.6. The number of hydrogen-bond acceptors (Lipinski definition) is 19. The summed E-state index contributed by atoms with van der Waals surface area (Å²) in [5, 5.41) is 38.4. The van der Waals surface area contributed by atoms with Gasteiger partial charge >= 0.3 is 94.8 Å². The molecule has 0 fully saturated rings. The number of methoxy groups -OCH3 is 1. The molecule has 250 valence electrons. The second kappa shape index (κ2) is 19.3. The Morgan fingerprint density at radius 1 is 0.824 bits per heavy atom. The van der Waals surface area contributed by atoms with Crippen LogP contribution in [0.25, 0.3) is 10.8 Å². The number of aromatic hydroxyl groups is 1. The van der Waals surface area contributed by atoms with E-state index in [2.05, 4.69) is 45.2 Å². The third-order valence-corrected chi connectivity index (χ3v) is 8.48. The molecule has 18 nitrogen and oxygen atoms in total. The van der Waals surface area contributed by atoms with Gasteiger partial charge in [-0.25, -0.2) is 16.8 Å². The Morgan fingerprint density at radius 3 is 2.04 bits per heavy atom. The number of benzene rings is 4. The summed E-state index contributed by atoms with van der Waals surface area (Å²) in [6, 6.07) is 15.3. The first-order valence-electron chi connectivity index (χ1n) is 12.8. The number of nitrogens with one attached hydrogen (secondary N) is 2. The van der Waals surface area contributed by atoms with Crippen LogP contribution in [0.4, 0.5) is 39.0 Å². The summed E-state index contributed by atoms with van der Waals surface area (Å²) in [5.41, 5.74) is -0.467. The van der Waals surface area contributed by atoms with Crippen molar-refractivity contribution < 1.29 is 143 Å². The van der Waals surface area contributed by atoms with Gasteiger partial charge in [0.2, 0.25) is 11.9 Å².